The molecule has 1 aliphatic heterocycles. The molecule has 2 fully saturated rings. The van der Waals surface area contributed by atoms with Gasteiger partial charge in [0.2, 0.25) is 5.91 Å². The molecule has 0 aromatic heterocycles. The monoisotopic (exact) mass is 514 g/mol. The third-order valence-electron chi connectivity index (χ3n) is 5.72. The zero-order valence-electron chi connectivity index (χ0n) is 17.7. The maximum atomic E-state index is 12.6. The van der Waals surface area contributed by atoms with Crippen LogP contribution in [0, 0.1) is 5.92 Å². The van der Waals surface area contributed by atoms with E-state index in [9.17, 15) is 4.79 Å². The number of likely N-dealkylation sites (tertiary alicyclic amines) is 1. The lowest BCUT2D eigenvalue weighted by molar-refractivity contribution is -0.134. The molecule has 6 nitrogen and oxygen atoms in total. The van der Waals surface area contributed by atoms with Gasteiger partial charge < -0.3 is 20.3 Å². The maximum Gasteiger partial charge on any atom is 0.225 e. The number of carbonyl (C=O) groups is 1. The Morgan fingerprint density at radius 2 is 1.93 bits per heavy atom. The predicted molar refractivity (Wildman–Crippen MR) is 128 cm³/mol. The summed E-state index contributed by atoms with van der Waals surface area (Å²) in [5, 5.41) is 6.85. The zero-order chi connectivity index (χ0) is 19.8. The third-order valence-corrected chi connectivity index (χ3v) is 5.72. The third kappa shape index (κ3) is 7.04. The minimum absolute atomic E-state index is 0. The van der Waals surface area contributed by atoms with Crippen LogP contribution in [0.2, 0.25) is 0 Å². The van der Waals surface area contributed by atoms with Crippen LogP contribution in [0.1, 0.15) is 44.6 Å². The van der Waals surface area contributed by atoms with Gasteiger partial charge in [-0.3, -0.25) is 9.79 Å². The van der Waals surface area contributed by atoms with E-state index in [1.165, 1.54) is 18.4 Å². The number of aliphatic imine (C=N–C) groups is 1. The molecule has 1 amide bonds. The molecule has 162 valence electrons. The summed E-state index contributed by atoms with van der Waals surface area (Å²) in [6, 6.07) is 8.41. The maximum absolute atomic E-state index is 12.6. The van der Waals surface area contributed by atoms with Crippen molar-refractivity contribution in [2.24, 2.45) is 10.9 Å². The van der Waals surface area contributed by atoms with Crippen molar-refractivity contribution in [3.8, 4) is 5.75 Å². The van der Waals surface area contributed by atoms with Crippen molar-refractivity contribution in [1.29, 1.82) is 0 Å². The van der Waals surface area contributed by atoms with E-state index in [0.717, 1.165) is 63.6 Å². The van der Waals surface area contributed by atoms with E-state index in [2.05, 4.69) is 34.6 Å². The molecule has 1 unspecified atom stereocenters. The van der Waals surface area contributed by atoms with Crippen LogP contribution in [0.15, 0.2) is 29.3 Å². The highest BCUT2D eigenvalue weighted by Gasteiger charge is 2.32. The first-order valence-electron chi connectivity index (χ1n) is 10.7. The molecular weight excluding hydrogens is 479 g/mol. The average Bonchev–Trinajstić information content (AvgIpc) is 3.40. The van der Waals surface area contributed by atoms with Gasteiger partial charge in [-0.2, -0.15) is 0 Å². The number of methoxy groups -OCH3 is 1. The van der Waals surface area contributed by atoms with E-state index in [4.69, 9.17) is 9.73 Å². The highest BCUT2D eigenvalue weighted by atomic mass is 127. The lowest BCUT2D eigenvalue weighted by Gasteiger charge is -2.21. The fraction of sp³-hybridized carbons (Fsp3) is 0.636. The van der Waals surface area contributed by atoms with Crippen LogP contribution in [-0.2, 0) is 11.2 Å². The predicted octanol–water partition coefficient (Wildman–Crippen LogP) is 3.20. The second-order valence-corrected chi connectivity index (χ2v) is 7.75. The lowest BCUT2D eigenvalue weighted by atomic mass is 10.1. The number of nitrogens with zero attached hydrogens (tertiary/aromatic N) is 2. The Labute approximate surface area is 191 Å². The molecule has 7 heteroatoms. The number of amides is 1. The smallest absolute Gasteiger partial charge is 0.225 e. The molecule has 1 aromatic carbocycles. The molecule has 1 saturated carbocycles. The normalized spacial score (nSPS) is 19.7. The first-order valence-corrected chi connectivity index (χ1v) is 10.7. The first kappa shape index (κ1) is 23.8. The molecule has 0 radical (unpaired) electrons. The highest BCUT2D eigenvalue weighted by molar-refractivity contribution is 14.0. The Kier molecular flexibility index (Phi) is 10.0. The number of hydrogen-bond donors (Lipinski definition) is 2. The zero-order valence-corrected chi connectivity index (χ0v) is 20.0. The largest absolute Gasteiger partial charge is 0.497 e. The quantitative estimate of drug-likeness (QED) is 0.333. The molecule has 1 saturated heterocycles. The Morgan fingerprint density at radius 1 is 1.21 bits per heavy atom. The lowest BCUT2D eigenvalue weighted by Crippen LogP contribution is -2.45. The van der Waals surface area contributed by atoms with Crippen LogP contribution in [0.25, 0.3) is 0 Å². The van der Waals surface area contributed by atoms with Gasteiger partial charge >= 0.3 is 0 Å². The summed E-state index contributed by atoms with van der Waals surface area (Å²) in [5.41, 5.74) is 1.25. The van der Waals surface area contributed by atoms with E-state index in [1.807, 2.05) is 12.1 Å². The number of hydrogen-bond acceptors (Lipinski definition) is 3. The molecule has 29 heavy (non-hydrogen) atoms. The van der Waals surface area contributed by atoms with Crippen molar-refractivity contribution >= 4 is 35.8 Å². The van der Waals surface area contributed by atoms with Crippen molar-refractivity contribution in [2.45, 2.75) is 51.5 Å². The van der Waals surface area contributed by atoms with Crippen molar-refractivity contribution in [3.05, 3.63) is 29.8 Å². The van der Waals surface area contributed by atoms with E-state index in [-0.39, 0.29) is 35.9 Å². The van der Waals surface area contributed by atoms with Gasteiger partial charge in [0.15, 0.2) is 5.96 Å². The molecule has 0 spiro atoms. The fourth-order valence-electron chi connectivity index (χ4n) is 4.11. The van der Waals surface area contributed by atoms with E-state index >= 15 is 0 Å². The summed E-state index contributed by atoms with van der Waals surface area (Å²) < 4.78 is 5.20. The topological polar surface area (TPSA) is 66.0 Å². The van der Waals surface area contributed by atoms with Crippen molar-refractivity contribution < 1.29 is 9.53 Å². The first-order chi connectivity index (χ1) is 13.7. The van der Waals surface area contributed by atoms with Gasteiger partial charge in [-0.25, -0.2) is 0 Å². The van der Waals surface area contributed by atoms with Gasteiger partial charge in [0.1, 0.15) is 5.75 Å². The SMILES string of the molecule is CCNC(=NCCc1ccc(OC)cc1)NC1CCN(C(=O)C2CCCC2)C1.I. The number of carbonyl (C=O) groups excluding carboxylic acids is 1. The number of halogens is 1. The number of nitrogens with one attached hydrogen (secondary N) is 2. The van der Waals surface area contributed by atoms with Gasteiger partial charge in [0, 0.05) is 38.1 Å². The van der Waals surface area contributed by atoms with Crippen LogP contribution in [0.4, 0.5) is 0 Å². The van der Waals surface area contributed by atoms with Crippen molar-refractivity contribution in [1.82, 2.24) is 15.5 Å². The molecule has 0 bridgehead atoms. The van der Waals surface area contributed by atoms with Gasteiger partial charge in [0.25, 0.3) is 0 Å². The molecule has 1 aliphatic carbocycles. The standard InChI is InChI=1S/C22H34N4O2.HI/c1-3-23-22(24-14-12-17-8-10-20(28-2)11-9-17)25-19-13-15-26(16-19)21(27)18-6-4-5-7-18;/h8-11,18-19H,3-7,12-16H2,1-2H3,(H2,23,24,25);1H. The molecule has 3 rings (SSSR count). The van der Waals surface area contributed by atoms with Crippen molar-refractivity contribution in [3.63, 3.8) is 0 Å². The molecule has 2 aliphatic rings. The number of guanidine groups is 1. The molecule has 1 aromatic rings. The molecule has 2 N–H and O–H groups in total. The molecule has 1 heterocycles. The summed E-state index contributed by atoms with van der Waals surface area (Å²) in [6.45, 7) is 5.27. The minimum atomic E-state index is 0. The fourth-order valence-corrected chi connectivity index (χ4v) is 4.11. The van der Waals surface area contributed by atoms with E-state index in [0.29, 0.717) is 5.91 Å². The van der Waals surface area contributed by atoms with Crippen LogP contribution < -0.4 is 15.4 Å². The Hall–Kier alpha value is -1.51. The summed E-state index contributed by atoms with van der Waals surface area (Å²) in [5.74, 6) is 2.35. The van der Waals surface area contributed by atoms with Gasteiger partial charge in [-0.1, -0.05) is 25.0 Å². The van der Waals surface area contributed by atoms with E-state index in [1.54, 1.807) is 7.11 Å². The highest BCUT2D eigenvalue weighted by Crippen LogP contribution is 2.27. The molecular formula is C22H35IN4O2. The second kappa shape index (κ2) is 12.2. The van der Waals surface area contributed by atoms with Gasteiger partial charge in [-0.05, 0) is 50.3 Å². The second-order valence-electron chi connectivity index (χ2n) is 7.75. The summed E-state index contributed by atoms with van der Waals surface area (Å²) in [4.78, 5) is 19.4. The number of rotatable bonds is 7. The van der Waals surface area contributed by atoms with Crippen molar-refractivity contribution in [2.75, 3.05) is 33.3 Å². The molecule has 1 atom stereocenters. The summed E-state index contributed by atoms with van der Waals surface area (Å²) in [7, 11) is 1.68. The summed E-state index contributed by atoms with van der Waals surface area (Å²) in [6.07, 6.45) is 6.43. The minimum Gasteiger partial charge on any atom is -0.497 e. The van der Waals surface area contributed by atoms with Gasteiger partial charge in [-0.15, -0.1) is 24.0 Å². The summed E-state index contributed by atoms with van der Waals surface area (Å²) >= 11 is 0. The van der Waals surface area contributed by atoms with E-state index < -0.39 is 0 Å². The Balaban J connectivity index is 0.00000300. The van der Waals surface area contributed by atoms with Crippen LogP contribution in [-0.4, -0.2) is 56.1 Å². The average molecular weight is 514 g/mol. The Bertz CT molecular complexity index is 659. The van der Waals surface area contributed by atoms with Crippen LogP contribution >= 0.6 is 24.0 Å². The Morgan fingerprint density at radius 3 is 2.59 bits per heavy atom. The van der Waals surface area contributed by atoms with Gasteiger partial charge in [0.05, 0.1) is 7.11 Å². The van der Waals surface area contributed by atoms with Crippen LogP contribution in [0.3, 0.4) is 0 Å². The number of ether oxygens (including phenoxy) is 1. The van der Waals surface area contributed by atoms with Crippen LogP contribution in [0.5, 0.6) is 5.75 Å². The number of benzene rings is 1.